The van der Waals surface area contributed by atoms with E-state index in [1.165, 1.54) is 7.11 Å². The molecule has 0 radical (unpaired) electrons. The maximum atomic E-state index is 13.1. The monoisotopic (exact) mass is 356 g/mol. The number of ether oxygens (including phenoxy) is 1. The van der Waals surface area contributed by atoms with Crippen LogP contribution >= 0.6 is 23.2 Å². The molecule has 1 aliphatic carbocycles. The molecule has 1 aliphatic rings. The molecule has 23 heavy (non-hydrogen) atoms. The van der Waals surface area contributed by atoms with Gasteiger partial charge < -0.3 is 9.53 Å². The van der Waals surface area contributed by atoms with Gasteiger partial charge in [-0.25, -0.2) is 0 Å². The molecule has 1 aromatic rings. The standard InChI is InChI=1S/C18H22Cl2O3/c1-4-5-7-18(8-6-11(2)21)10-12-9-13(23-3)15(19)16(20)14(12)17(18)22/h9H,4-8,10H2,1-3H3. The Morgan fingerprint density at radius 1 is 1.30 bits per heavy atom. The quantitative estimate of drug-likeness (QED) is 0.666. The molecule has 0 heterocycles. The van der Waals surface area contributed by atoms with Gasteiger partial charge in [0.25, 0.3) is 0 Å². The third-order valence-electron chi connectivity index (χ3n) is 4.68. The Morgan fingerprint density at radius 3 is 2.57 bits per heavy atom. The van der Waals surface area contributed by atoms with E-state index < -0.39 is 5.41 Å². The second-order valence-corrected chi connectivity index (χ2v) is 7.09. The molecule has 0 aromatic heterocycles. The number of halogens is 2. The molecule has 0 spiro atoms. The summed E-state index contributed by atoms with van der Waals surface area (Å²) in [6.07, 6.45) is 4.28. The summed E-state index contributed by atoms with van der Waals surface area (Å²) < 4.78 is 5.25. The van der Waals surface area contributed by atoms with Gasteiger partial charge in [-0.2, -0.15) is 0 Å². The van der Waals surface area contributed by atoms with Crippen molar-refractivity contribution in [1.82, 2.24) is 0 Å². The summed E-state index contributed by atoms with van der Waals surface area (Å²) in [5, 5.41) is 0.548. The average Bonchev–Trinajstić information content (AvgIpc) is 2.80. The average molecular weight is 357 g/mol. The molecule has 1 unspecified atom stereocenters. The molecule has 5 heteroatoms. The molecular formula is C18H22Cl2O3. The first-order valence-electron chi connectivity index (χ1n) is 7.95. The van der Waals surface area contributed by atoms with E-state index in [4.69, 9.17) is 27.9 Å². The van der Waals surface area contributed by atoms with E-state index in [2.05, 4.69) is 6.92 Å². The highest BCUT2D eigenvalue weighted by Crippen LogP contribution is 2.50. The molecule has 1 atom stereocenters. The topological polar surface area (TPSA) is 43.4 Å². The number of Topliss-reactive ketones (excluding diaryl/α,β-unsaturated/α-hetero) is 2. The Kier molecular flexibility index (Phi) is 5.74. The van der Waals surface area contributed by atoms with Crippen molar-refractivity contribution in [3.05, 3.63) is 27.2 Å². The summed E-state index contributed by atoms with van der Waals surface area (Å²) in [7, 11) is 1.53. The lowest BCUT2D eigenvalue weighted by Gasteiger charge is -2.27. The first-order chi connectivity index (χ1) is 10.9. The predicted molar refractivity (Wildman–Crippen MR) is 92.9 cm³/mol. The van der Waals surface area contributed by atoms with Crippen LogP contribution in [0, 0.1) is 5.41 Å². The normalized spacial score (nSPS) is 19.8. The molecule has 0 saturated carbocycles. The molecule has 0 amide bonds. The molecule has 3 nitrogen and oxygen atoms in total. The van der Waals surface area contributed by atoms with E-state index in [1.807, 2.05) is 6.07 Å². The number of unbranched alkanes of at least 4 members (excludes halogenated alkanes) is 1. The van der Waals surface area contributed by atoms with Crippen LogP contribution in [0.1, 0.15) is 61.9 Å². The van der Waals surface area contributed by atoms with Crippen molar-refractivity contribution in [2.24, 2.45) is 5.41 Å². The van der Waals surface area contributed by atoms with Gasteiger partial charge in [-0.15, -0.1) is 0 Å². The first kappa shape index (κ1) is 18.3. The van der Waals surface area contributed by atoms with Crippen molar-refractivity contribution < 1.29 is 14.3 Å². The van der Waals surface area contributed by atoms with Crippen LogP contribution in [0.25, 0.3) is 0 Å². The predicted octanol–water partition coefficient (Wildman–Crippen LogP) is 5.29. The van der Waals surface area contributed by atoms with E-state index in [0.29, 0.717) is 30.6 Å². The number of rotatable bonds is 7. The van der Waals surface area contributed by atoms with Gasteiger partial charge in [0.1, 0.15) is 16.6 Å². The van der Waals surface area contributed by atoms with Gasteiger partial charge >= 0.3 is 0 Å². The number of carbonyl (C=O) groups excluding carboxylic acids is 2. The summed E-state index contributed by atoms with van der Waals surface area (Å²) in [4.78, 5) is 24.6. The summed E-state index contributed by atoms with van der Waals surface area (Å²) >= 11 is 12.5. The summed E-state index contributed by atoms with van der Waals surface area (Å²) in [6, 6.07) is 1.81. The second-order valence-electron chi connectivity index (χ2n) is 6.33. The number of hydrogen-bond acceptors (Lipinski definition) is 3. The van der Waals surface area contributed by atoms with Gasteiger partial charge in [0.15, 0.2) is 5.78 Å². The van der Waals surface area contributed by atoms with Gasteiger partial charge in [0.05, 0.1) is 12.1 Å². The van der Waals surface area contributed by atoms with Crippen molar-refractivity contribution in [2.45, 2.75) is 52.4 Å². The van der Waals surface area contributed by atoms with Crippen molar-refractivity contribution in [2.75, 3.05) is 7.11 Å². The Labute approximate surface area is 147 Å². The van der Waals surface area contributed by atoms with E-state index in [0.717, 1.165) is 24.8 Å². The Hall–Kier alpha value is -1.06. The Morgan fingerprint density at radius 2 is 2.00 bits per heavy atom. The summed E-state index contributed by atoms with van der Waals surface area (Å²) in [5.74, 6) is 0.615. The molecule has 0 bridgehead atoms. The van der Waals surface area contributed by atoms with E-state index >= 15 is 0 Å². The molecule has 0 N–H and O–H groups in total. The molecule has 0 aliphatic heterocycles. The van der Waals surface area contributed by atoms with Crippen molar-refractivity contribution in [3.8, 4) is 5.75 Å². The van der Waals surface area contributed by atoms with E-state index in [1.54, 1.807) is 6.92 Å². The maximum Gasteiger partial charge on any atom is 0.171 e. The van der Waals surface area contributed by atoms with Crippen LogP contribution in [0.4, 0.5) is 0 Å². The minimum absolute atomic E-state index is 0.0248. The zero-order valence-corrected chi connectivity index (χ0v) is 15.3. The number of ketones is 2. The Bertz CT molecular complexity index is 640. The van der Waals surface area contributed by atoms with Crippen LogP contribution in [-0.2, 0) is 11.2 Å². The highest BCUT2D eigenvalue weighted by molar-refractivity contribution is 6.45. The zero-order valence-electron chi connectivity index (χ0n) is 13.8. The van der Waals surface area contributed by atoms with Gasteiger partial charge in [-0.3, -0.25) is 4.79 Å². The largest absolute Gasteiger partial charge is 0.495 e. The number of methoxy groups -OCH3 is 1. The van der Waals surface area contributed by atoms with Crippen LogP contribution < -0.4 is 4.74 Å². The smallest absolute Gasteiger partial charge is 0.171 e. The van der Waals surface area contributed by atoms with Gasteiger partial charge in [0.2, 0.25) is 0 Å². The summed E-state index contributed by atoms with van der Waals surface area (Å²) in [5.41, 5.74) is 0.849. The molecule has 0 fully saturated rings. The molecule has 1 aromatic carbocycles. The Balaban J connectivity index is 2.45. The zero-order chi connectivity index (χ0) is 17.2. The first-order valence-corrected chi connectivity index (χ1v) is 8.71. The lowest BCUT2D eigenvalue weighted by Crippen LogP contribution is -2.29. The fraction of sp³-hybridized carbons (Fsp3) is 0.556. The number of hydrogen-bond donors (Lipinski definition) is 0. The molecule has 126 valence electrons. The highest BCUT2D eigenvalue weighted by atomic mass is 35.5. The van der Waals surface area contributed by atoms with Crippen LogP contribution in [0.3, 0.4) is 0 Å². The number of carbonyl (C=O) groups is 2. The lowest BCUT2D eigenvalue weighted by molar-refractivity contribution is -0.117. The van der Waals surface area contributed by atoms with Crippen LogP contribution in [0.15, 0.2) is 6.07 Å². The van der Waals surface area contributed by atoms with Gasteiger partial charge in [-0.05, 0) is 37.8 Å². The fourth-order valence-corrected chi connectivity index (χ4v) is 3.88. The second kappa shape index (κ2) is 7.23. The van der Waals surface area contributed by atoms with Crippen LogP contribution in [-0.4, -0.2) is 18.7 Å². The van der Waals surface area contributed by atoms with Crippen molar-refractivity contribution in [3.63, 3.8) is 0 Å². The third kappa shape index (κ3) is 3.41. The molecular weight excluding hydrogens is 335 g/mol. The van der Waals surface area contributed by atoms with Gasteiger partial charge in [0, 0.05) is 17.4 Å². The van der Waals surface area contributed by atoms with E-state index in [9.17, 15) is 9.59 Å². The fourth-order valence-electron chi connectivity index (χ4n) is 3.36. The SMILES string of the molecule is CCCCC1(CCC(C)=O)Cc2cc(OC)c(Cl)c(Cl)c2C1=O. The van der Waals surface area contributed by atoms with Crippen LogP contribution in [0.2, 0.25) is 10.0 Å². The van der Waals surface area contributed by atoms with Crippen LogP contribution in [0.5, 0.6) is 5.75 Å². The van der Waals surface area contributed by atoms with Crippen molar-refractivity contribution in [1.29, 1.82) is 0 Å². The number of fused-ring (bicyclic) bond motifs is 1. The maximum absolute atomic E-state index is 13.1. The molecule has 0 saturated heterocycles. The third-order valence-corrected chi connectivity index (χ3v) is 5.53. The minimum atomic E-state index is -0.538. The highest BCUT2D eigenvalue weighted by Gasteiger charge is 2.46. The minimum Gasteiger partial charge on any atom is -0.495 e. The van der Waals surface area contributed by atoms with Gasteiger partial charge in [-0.1, -0.05) is 43.0 Å². The lowest BCUT2D eigenvalue weighted by atomic mass is 9.75. The molecule has 2 rings (SSSR count). The summed E-state index contributed by atoms with van der Waals surface area (Å²) in [6.45, 7) is 3.66. The van der Waals surface area contributed by atoms with E-state index in [-0.39, 0.29) is 21.6 Å². The van der Waals surface area contributed by atoms with Crippen molar-refractivity contribution >= 4 is 34.8 Å². The number of benzene rings is 1.